The first-order valence-electron chi connectivity index (χ1n) is 9.33. The fraction of sp³-hybridized carbons (Fsp3) is 0.136. The molecule has 0 bridgehead atoms. The maximum Gasteiger partial charge on any atom is 0.319 e. The molecule has 2 aromatic carbocycles. The predicted molar refractivity (Wildman–Crippen MR) is 116 cm³/mol. The second kappa shape index (κ2) is 9.23. The van der Waals surface area contributed by atoms with E-state index in [1.807, 2.05) is 66.0 Å². The monoisotopic (exact) mass is 420 g/mol. The summed E-state index contributed by atoms with van der Waals surface area (Å²) < 4.78 is 10.5. The number of amides is 2. The average molecular weight is 420 g/mol. The van der Waals surface area contributed by atoms with E-state index >= 15 is 0 Å². The Balaban J connectivity index is 1.38. The molecule has 0 spiro atoms. The lowest BCUT2D eigenvalue weighted by Gasteiger charge is -2.11. The van der Waals surface area contributed by atoms with Crippen molar-refractivity contribution in [2.24, 2.45) is 0 Å². The quantitative estimate of drug-likeness (QED) is 0.452. The van der Waals surface area contributed by atoms with E-state index in [2.05, 4.69) is 20.8 Å². The van der Waals surface area contributed by atoms with Crippen LogP contribution in [-0.2, 0) is 13.0 Å². The highest BCUT2D eigenvalue weighted by atomic mass is 32.1. The number of urea groups is 1. The van der Waals surface area contributed by atoms with Crippen molar-refractivity contribution in [3.63, 3.8) is 0 Å². The fourth-order valence-electron chi connectivity index (χ4n) is 2.88. The van der Waals surface area contributed by atoms with Crippen molar-refractivity contribution < 1.29 is 14.1 Å². The van der Waals surface area contributed by atoms with Crippen LogP contribution in [0.4, 0.5) is 10.5 Å². The first-order valence-corrected chi connectivity index (χ1v) is 10.2. The highest BCUT2D eigenvalue weighted by molar-refractivity contribution is 7.13. The van der Waals surface area contributed by atoms with Crippen LogP contribution in [0, 0.1) is 0 Å². The van der Waals surface area contributed by atoms with Gasteiger partial charge in [-0.1, -0.05) is 41.6 Å². The number of carbonyl (C=O) groups excluding carboxylic acids is 1. The van der Waals surface area contributed by atoms with Gasteiger partial charge in [-0.25, -0.2) is 4.79 Å². The molecule has 0 radical (unpaired) electrons. The molecule has 0 saturated heterocycles. The summed E-state index contributed by atoms with van der Waals surface area (Å²) in [7, 11) is 1.62. The molecule has 0 atom stereocenters. The molecule has 7 nitrogen and oxygen atoms in total. The third-order valence-corrected chi connectivity index (χ3v) is 5.29. The molecule has 152 valence electrons. The SMILES string of the molecule is COc1ccc(CNC(=O)Nc2ccccc2Cc2nc(-c3cccs3)no2)cc1. The Morgan fingerprint density at radius 1 is 1.10 bits per heavy atom. The minimum absolute atomic E-state index is 0.289. The van der Waals surface area contributed by atoms with Crippen LogP contribution in [0.2, 0.25) is 0 Å². The van der Waals surface area contributed by atoms with Crippen LogP contribution in [0.5, 0.6) is 5.75 Å². The van der Waals surface area contributed by atoms with Gasteiger partial charge in [0.2, 0.25) is 11.7 Å². The van der Waals surface area contributed by atoms with E-state index in [9.17, 15) is 4.79 Å². The molecule has 2 aromatic heterocycles. The molecule has 4 aromatic rings. The van der Waals surface area contributed by atoms with Gasteiger partial charge >= 0.3 is 6.03 Å². The van der Waals surface area contributed by atoms with Crippen molar-refractivity contribution in [3.05, 3.63) is 83.1 Å². The van der Waals surface area contributed by atoms with Gasteiger partial charge in [0, 0.05) is 12.2 Å². The number of thiophene rings is 1. The normalized spacial score (nSPS) is 10.6. The van der Waals surface area contributed by atoms with Gasteiger partial charge in [-0.15, -0.1) is 11.3 Å². The average Bonchev–Trinajstić information content (AvgIpc) is 3.46. The predicted octanol–water partition coefficient (Wildman–Crippen LogP) is 4.72. The Morgan fingerprint density at radius 3 is 2.70 bits per heavy atom. The van der Waals surface area contributed by atoms with Crippen LogP contribution < -0.4 is 15.4 Å². The van der Waals surface area contributed by atoms with Gasteiger partial charge in [0.15, 0.2) is 0 Å². The Kier molecular flexibility index (Phi) is 6.05. The van der Waals surface area contributed by atoms with Gasteiger partial charge in [-0.3, -0.25) is 0 Å². The molecule has 4 rings (SSSR count). The summed E-state index contributed by atoms with van der Waals surface area (Å²) in [5.74, 6) is 1.84. The summed E-state index contributed by atoms with van der Waals surface area (Å²) in [5, 5.41) is 11.8. The van der Waals surface area contributed by atoms with E-state index < -0.39 is 0 Å². The lowest BCUT2D eigenvalue weighted by atomic mass is 10.1. The Hall–Kier alpha value is -3.65. The number of hydrogen-bond donors (Lipinski definition) is 2. The van der Waals surface area contributed by atoms with Crippen LogP contribution in [-0.4, -0.2) is 23.3 Å². The standard InChI is InChI=1S/C22H20N4O3S/c1-28-17-10-8-15(9-11-17)14-23-22(27)24-18-6-3-2-5-16(18)13-20-25-21(26-29-20)19-7-4-12-30-19/h2-12H,13-14H2,1H3,(H2,23,24,27). The lowest BCUT2D eigenvalue weighted by molar-refractivity contribution is 0.251. The number of carbonyl (C=O) groups is 1. The summed E-state index contributed by atoms with van der Waals surface area (Å²) in [6.07, 6.45) is 0.424. The summed E-state index contributed by atoms with van der Waals surface area (Å²) in [4.78, 5) is 17.8. The molecule has 0 aliphatic carbocycles. The number of aromatic nitrogens is 2. The minimum Gasteiger partial charge on any atom is -0.497 e. The summed E-state index contributed by atoms with van der Waals surface area (Å²) in [6, 6.07) is 18.7. The smallest absolute Gasteiger partial charge is 0.319 e. The van der Waals surface area contributed by atoms with Crippen LogP contribution in [0.3, 0.4) is 0 Å². The van der Waals surface area contributed by atoms with Crippen LogP contribution in [0.25, 0.3) is 10.7 Å². The molecule has 2 N–H and O–H groups in total. The molecule has 0 saturated carbocycles. The van der Waals surface area contributed by atoms with Crippen molar-refractivity contribution in [2.75, 3.05) is 12.4 Å². The van der Waals surface area contributed by atoms with E-state index in [0.717, 1.165) is 21.8 Å². The number of methoxy groups -OCH3 is 1. The number of benzene rings is 2. The zero-order chi connectivity index (χ0) is 20.8. The highest BCUT2D eigenvalue weighted by Gasteiger charge is 2.13. The molecule has 0 fully saturated rings. The van der Waals surface area contributed by atoms with Crippen LogP contribution in [0.1, 0.15) is 17.0 Å². The first-order chi connectivity index (χ1) is 14.7. The molecule has 8 heteroatoms. The molecule has 0 aliphatic heterocycles. The summed E-state index contributed by atoms with van der Waals surface area (Å²) in [5.41, 5.74) is 2.56. The summed E-state index contributed by atoms with van der Waals surface area (Å²) in [6.45, 7) is 0.409. The van der Waals surface area contributed by atoms with Gasteiger partial charge in [0.05, 0.1) is 18.4 Å². The van der Waals surface area contributed by atoms with Crippen molar-refractivity contribution in [2.45, 2.75) is 13.0 Å². The van der Waals surface area contributed by atoms with Crippen molar-refractivity contribution >= 4 is 23.1 Å². The van der Waals surface area contributed by atoms with E-state index in [1.165, 1.54) is 0 Å². The van der Waals surface area contributed by atoms with Crippen LogP contribution >= 0.6 is 11.3 Å². The molecule has 2 heterocycles. The minimum atomic E-state index is -0.289. The third-order valence-electron chi connectivity index (χ3n) is 4.43. The number of nitrogens with one attached hydrogen (secondary N) is 2. The molecule has 0 unspecified atom stereocenters. The van der Waals surface area contributed by atoms with Gasteiger partial charge < -0.3 is 19.9 Å². The number of para-hydroxylation sites is 1. The molecular weight excluding hydrogens is 400 g/mol. The fourth-order valence-corrected chi connectivity index (χ4v) is 3.53. The highest BCUT2D eigenvalue weighted by Crippen LogP contribution is 2.23. The maximum absolute atomic E-state index is 12.4. The van der Waals surface area contributed by atoms with Gasteiger partial charge in [-0.2, -0.15) is 4.98 Å². The molecular formula is C22H20N4O3S. The third kappa shape index (κ3) is 4.84. The van der Waals surface area contributed by atoms with Gasteiger partial charge in [0.1, 0.15) is 5.75 Å². The topological polar surface area (TPSA) is 89.3 Å². The molecule has 2 amide bonds. The maximum atomic E-state index is 12.4. The van der Waals surface area contributed by atoms with Gasteiger partial charge in [0.25, 0.3) is 0 Å². The number of hydrogen-bond acceptors (Lipinski definition) is 6. The van der Waals surface area contributed by atoms with Crippen molar-refractivity contribution in [1.29, 1.82) is 0 Å². The summed E-state index contributed by atoms with van der Waals surface area (Å²) >= 11 is 1.56. The second-order valence-electron chi connectivity index (χ2n) is 6.48. The Bertz CT molecular complexity index is 1110. The number of ether oxygens (including phenoxy) is 1. The zero-order valence-electron chi connectivity index (χ0n) is 16.3. The second-order valence-corrected chi connectivity index (χ2v) is 7.43. The van der Waals surface area contributed by atoms with Crippen LogP contribution in [0.15, 0.2) is 70.6 Å². The Labute approximate surface area is 177 Å². The largest absolute Gasteiger partial charge is 0.497 e. The van der Waals surface area contributed by atoms with Crippen molar-refractivity contribution in [1.82, 2.24) is 15.5 Å². The van der Waals surface area contributed by atoms with E-state index in [-0.39, 0.29) is 6.03 Å². The van der Waals surface area contributed by atoms with E-state index in [4.69, 9.17) is 9.26 Å². The number of anilines is 1. The number of nitrogens with zero attached hydrogens (tertiary/aromatic N) is 2. The van der Waals surface area contributed by atoms with Gasteiger partial charge in [-0.05, 0) is 40.8 Å². The van der Waals surface area contributed by atoms with E-state index in [0.29, 0.717) is 30.4 Å². The zero-order valence-corrected chi connectivity index (χ0v) is 17.1. The molecule has 30 heavy (non-hydrogen) atoms. The lowest BCUT2D eigenvalue weighted by Crippen LogP contribution is -2.28. The van der Waals surface area contributed by atoms with E-state index in [1.54, 1.807) is 18.4 Å². The molecule has 0 aliphatic rings. The Morgan fingerprint density at radius 2 is 1.93 bits per heavy atom. The number of rotatable bonds is 7. The van der Waals surface area contributed by atoms with Crippen molar-refractivity contribution in [3.8, 4) is 16.5 Å². The first kappa shape index (κ1) is 19.7.